The zero-order valence-electron chi connectivity index (χ0n) is 17.0. The number of rotatable bonds is 4. The molecule has 2 saturated heterocycles. The molecule has 7 heteroatoms. The Morgan fingerprint density at radius 1 is 0.786 bits per heavy atom. The molecule has 0 amide bonds. The van der Waals surface area contributed by atoms with E-state index >= 15 is 0 Å². The maximum Gasteiger partial charge on any atom is 0.232 e. The van der Waals surface area contributed by atoms with Crippen LogP contribution in [0.5, 0.6) is 0 Å². The summed E-state index contributed by atoms with van der Waals surface area (Å²) in [5, 5.41) is 7.43. The van der Waals surface area contributed by atoms with E-state index in [4.69, 9.17) is 22.2 Å². The number of anilines is 3. The van der Waals surface area contributed by atoms with Crippen LogP contribution in [0, 0.1) is 0 Å². The Morgan fingerprint density at radius 2 is 1.29 bits per heavy atom. The number of aromatic nitrogens is 2. The molecule has 1 aliphatic carbocycles. The van der Waals surface area contributed by atoms with Crippen molar-refractivity contribution < 1.29 is 0 Å². The second kappa shape index (κ2) is 9.72. The zero-order valence-corrected chi connectivity index (χ0v) is 17.8. The van der Waals surface area contributed by atoms with Crippen molar-refractivity contribution in [3.05, 3.63) is 6.07 Å². The molecule has 0 bridgehead atoms. The third-order valence-corrected chi connectivity index (χ3v) is 6.44. The molecule has 0 unspecified atom stereocenters. The Labute approximate surface area is 174 Å². The molecular formula is C21H34N6S. The van der Waals surface area contributed by atoms with Crippen LogP contribution in [0.2, 0.25) is 0 Å². The second-order valence-electron chi connectivity index (χ2n) is 8.44. The molecule has 3 heterocycles. The van der Waals surface area contributed by atoms with Gasteiger partial charge in [-0.1, -0.05) is 32.1 Å². The van der Waals surface area contributed by atoms with E-state index in [9.17, 15) is 0 Å². The molecule has 4 rings (SSSR count). The monoisotopic (exact) mass is 402 g/mol. The Bertz CT molecular complexity index is 646. The Kier molecular flexibility index (Phi) is 6.83. The van der Waals surface area contributed by atoms with Gasteiger partial charge in [0.1, 0.15) is 11.6 Å². The van der Waals surface area contributed by atoms with Crippen molar-refractivity contribution in [1.29, 1.82) is 0 Å². The van der Waals surface area contributed by atoms with Gasteiger partial charge >= 0.3 is 0 Å². The topological polar surface area (TPSA) is 56.3 Å². The minimum Gasteiger partial charge on any atom is -0.360 e. The lowest BCUT2D eigenvalue weighted by Gasteiger charge is -2.26. The summed E-state index contributed by atoms with van der Waals surface area (Å²) in [7, 11) is 0. The normalized spacial score (nSPS) is 21.4. The van der Waals surface area contributed by atoms with E-state index in [0.29, 0.717) is 17.1 Å². The summed E-state index contributed by atoms with van der Waals surface area (Å²) in [5.74, 6) is 2.72. The van der Waals surface area contributed by atoms with Crippen LogP contribution >= 0.6 is 12.2 Å². The summed E-state index contributed by atoms with van der Waals surface area (Å²) in [5.41, 5.74) is 0. The van der Waals surface area contributed by atoms with Gasteiger partial charge in [-0.25, -0.2) is 0 Å². The number of nitrogens with one attached hydrogen (secondary N) is 2. The molecule has 2 N–H and O–H groups in total. The van der Waals surface area contributed by atoms with Crippen molar-refractivity contribution in [3.8, 4) is 0 Å². The average Bonchev–Trinajstić information content (AvgIpc) is 3.11. The largest absolute Gasteiger partial charge is 0.360 e. The van der Waals surface area contributed by atoms with Crippen molar-refractivity contribution in [1.82, 2.24) is 15.3 Å². The molecule has 3 aliphatic rings. The van der Waals surface area contributed by atoms with Crippen molar-refractivity contribution >= 4 is 34.9 Å². The average molecular weight is 403 g/mol. The summed E-state index contributed by atoms with van der Waals surface area (Å²) < 4.78 is 0. The van der Waals surface area contributed by atoms with Gasteiger partial charge in [-0.2, -0.15) is 9.97 Å². The van der Waals surface area contributed by atoms with Gasteiger partial charge in [-0.3, -0.25) is 0 Å². The molecular weight excluding hydrogens is 368 g/mol. The van der Waals surface area contributed by atoms with E-state index in [1.165, 1.54) is 70.6 Å². The van der Waals surface area contributed by atoms with Crippen LogP contribution < -0.4 is 20.4 Å². The standard InChI is InChI=1S/C21H34N6S/c28-21(22-17-10-4-3-5-11-17)25-20-23-18(26-12-6-1-2-7-13-26)16-19(24-20)27-14-8-9-15-27/h16-17H,1-15H2,(H2,22,23,24,25,28). The first-order valence-corrected chi connectivity index (χ1v) is 11.7. The van der Waals surface area contributed by atoms with Gasteiger partial charge in [0.2, 0.25) is 5.95 Å². The highest BCUT2D eigenvalue weighted by Crippen LogP contribution is 2.26. The lowest BCUT2D eigenvalue weighted by molar-refractivity contribution is 0.414. The van der Waals surface area contributed by atoms with E-state index in [-0.39, 0.29) is 0 Å². The van der Waals surface area contributed by atoms with Crippen LogP contribution in [0.4, 0.5) is 17.6 Å². The summed E-state index contributed by atoms with van der Waals surface area (Å²) >= 11 is 5.59. The van der Waals surface area contributed by atoms with Crippen LogP contribution in [-0.4, -0.2) is 47.3 Å². The van der Waals surface area contributed by atoms with Crippen LogP contribution in [0.25, 0.3) is 0 Å². The van der Waals surface area contributed by atoms with Crippen molar-refractivity contribution in [2.45, 2.75) is 76.7 Å². The predicted molar refractivity (Wildman–Crippen MR) is 120 cm³/mol. The molecule has 1 aromatic heterocycles. The zero-order chi connectivity index (χ0) is 19.2. The van der Waals surface area contributed by atoms with Crippen LogP contribution in [-0.2, 0) is 0 Å². The maximum absolute atomic E-state index is 5.59. The van der Waals surface area contributed by atoms with Crippen LogP contribution in [0.3, 0.4) is 0 Å². The molecule has 0 aromatic carbocycles. The molecule has 6 nitrogen and oxygen atoms in total. The quantitative estimate of drug-likeness (QED) is 0.736. The predicted octanol–water partition coefficient (Wildman–Crippen LogP) is 4.08. The minimum absolute atomic E-state index is 0.487. The molecule has 0 spiro atoms. The van der Waals surface area contributed by atoms with Crippen LogP contribution in [0.15, 0.2) is 6.07 Å². The van der Waals surface area contributed by atoms with E-state index in [1.54, 1.807) is 0 Å². The lowest BCUT2D eigenvalue weighted by Crippen LogP contribution is -2.39. The van der Waals surface area contributed by atoms with Crippen molar-refractivity contribution in [2.75, 3.05) is 41.3 Å². The molecule has 2 aliphatic heterocycles. The first-order valence-electron chi connectivity index (χ1n) is 11.2. The first kappa shape index (κ1) is 19.7. The number of hydrogen-bond donors (Lipinski definition) is 2. The SMILES string of the molecule is S=C(Nc1nc(N2CCCCCC2)cc(N2CCCC2)n1)NC1CCCCC1. The van der Waals surface area contributed by atoms with Gasteiger partial charge in [0.15, 0.2) is 5.11 Å². The fourth-order valence-electron chi connectivity index (χ4n) is 4.62. The van der Waals surface area contributed by atoms with E-state index in [0.717, 1.165) is 37.8 Å². The Morgan fingerprint density at radius 3 is 1.86 bits per heavy atom. The maximum atomic E-state index is 5.59. The molecule has 28 heavy (non-hydrogen) atoms. The number of hydrogen-bond acceptors (Lipinski definition) is 5. The highest BCUT2D eigenvalue weighted by molar-refractivity contribution is 7.80. The smallest absolute Gasteiger partial charge is 0.232 e. The molecule has 0 radical (unpaired) electrons. The summed E-state index contributed by atoms with van der Waals surface area (Å²) in [6.07, 6.45) is 14.0. The van der Waals surface area contributed by atoms with E-state index < -0.39 is 0 Å². The van der Waals surface area contributed by atoms with Crippen molar-refractivity contribution in [2.24, 2.45) is 0 Å². The van der Waals surface area contributed by atoms with E-state index in [2.05, 4.69) is 26.5 Å². The van der Waals surface area contributed by atoms with Gasteiger partial charge in [-0.05, 0) is 50.7 Å². The third-order valence-electron chi connectivity index (χ3n) is 6.22. The summed E-state index contributed by atoms with van der Waals surface area (Å²) in [6.45, 7) is 4.34. The summed E-state index contributed by atoms with van der Waals surface area (Å²) in [6, 6.07) is 2.67. The third kappa shape index (κ3) is 5.25. The molecule has 1 saturated carbocycles. The Hall–Kier alpha value is -1.63. The highest BCUT2D eigenvalue weighted by atomic mass is 32.1. The van der Waals surface area contributed by atoms with Gasteiger partial charge < -0.3 is 20.4 Å². The van der Waals surface area contributed by atoms with Crippen LogP contribution in [0.1, 0.15) is 70.6 Å². The van der Waals surface area contributed by atoms with Gasteiger partial charge in [0, 0.05) is 38.3 Å². The number of thiocarbonyl (C=S) groups is 1. The summed E-state index contributed by atoms with van der Waals surface area (Å²) in [4.78, 5) is 14.5. The molecule has 1 aromatic rings. The molecule has 154 valence electrons. The van der Waals surface area contributed by atoms with E-state index in [1.807, 2.05) is 0 Å². The molecule has 0 atom stereocenters. The second-order valence-corrected chi connectivity index (χ2v) is 8.85. The fourth-order valence-corrected chi connectivity index (χ4v) is 4.88. The van der Waals surface area contributed by atoms with Gasteiger partial charge in [0.05, 0.1) is 0 Å². The fraction of sp³-hybridized carbons (Fsp3) is 0.762. The lowest BCUT2D eigenvalue weighted by atomic mass is 9.96. The molecule has 3 fully saturated rings. The first-order chi connectivity index (χ1) is 13.8. The highest BCUT2D eigenvalue weighted by Gasteiger charge is 2.20. The minimum atomic E-state index is 0.487. The van der Waals surface area contributed by atoms with Crippen molar-refractivity contribution in [3.63, 3.8) is 0 Å². The van der Waals surface area contributed by atoms with Gasteiger partial charge in [0.25, 0.3) is 0 Å². The Balaban J connectivity index is 1.50. The number of nitrogens with zero attached hydrogens (tertiary/aromatic N) is 4. The van der Waals surface area contributed by atoms with Gasteiger partial charge in [-0.15, -0.1) is 0 Å².